The minimum absolute atomic E-state index is 0.211. The van der Waals surface area contributed by atoms with Crippen LogP contribution in [0.2, 0.25) is 0 Å². The first kappa shape index (κ1) is 15.2. The van der Waals surface area contributed by atoms with Crippen molar-refractivity contribution in [1.29, 1.82) is 0 Å². The Bertz CT molecular complexity index is 446. The summed E-state index contributed by atoms with van der Waals surface area (Å²) in [5, 5.41) is 2.63. The van der Waals surface area contributed by atoms with Gasteiger partial charge in [-0.15, -0.1) is 0 Å². The molecule has 0 radical (unpaired) electrons. The summed E-state index contributed by atoms with van der Waals surface area (Å²) in [5.74, 6) is -1.21. The van der Waals surface area contributed by atoms with Gasteiger partial charge >= 0.3 is 5.97 Å². The van der Waals surface area contributed by atoms with E-state index in [0.717, 1.165) is 5.56 Å². The monoisotopic (exact) mass is 264 g/mol. The van der Waals surface area contributed by atoms with Crippen molar-refractivity contribution in [3.05, 3.63) is 35.4 Å². The molecule has 0 bridgehead atoms. The highest BCUT2D eigenvalue weighted by Gasteiger charge is 2.22. The Balaban J connectivity index is 2.39. The summed E-state index contributed by atoms with van der Waals surface area (Å²) in [6, 6.07) is 6.69. The van der Waals surface area contributed by atoms with Crippen LogP contribution in [-0.4, -0.2) is 31.1 Å². The number of ether oxygens (including phenoxy) is 1. The molecule has 1 aromatic carbocycles. The summed E-state index contributed by atoms with van der Waals surface area (Å²) in [5.41, 5.74) is 7.80. The Morgan fingerprint density at radius 2 is 2.05 bits per heavy atom. The number of hydrogen-bond acceptors (Lipinski definition) is 4. The predicted molar refractivity (Wildman–Crippen MR) is 72.5 cm³/mol. The van der Waals surface area contributed by atoms with Crippen molar-refractivity contribution < 1.29 is 14.3 Å². The van der Waals surface area contributed by atoms with Crippen LogP contribution >= 0.6 is 0 Å². The maximum atomic E-state index is 11.6. The Labute approximate surface area is 113 Å². The SMILES string of the molecule is CCOC(=O)C(N)C(=O)NCCc1ccccc1C. The number of aryl methyl sites for hydroxylation is 1. The average Bonchev–Trinajstić information content (AvgIpc) is 2.40. The molecule has 0 spiro atoms. The van der Waals surface area contributed by atoms with Crippen LogP contribution in [0.25, 0.3) is 0 Å². The van der Waals surface area contributed by atoms with Gasteiger partial charge in [0.15, 0.2) is 6.04 Å². The Kier molecular flexibility index (Phi) is 6.02. The molecule has 1 aromatic rings. The van der Waals surface area contributed by atoms with Crippen LogP contribution in [0.3, 0.4) is 0 Å². The van der Waals surface area contributed by atoms with Crippen molar-refractivity contribution in [2.75, 3.05) is 13.2 Å². The first-order chi connectivity index (χ1) is 9.06. The van der Waals surface area contributed by atoms with E-state index in [1.165, 1.54) is 5.56 Å². The maximum Gasteiger partial charge on any atom is 0.332 e. The van der Waals surface area contributed by atoms with Crippen molar-refractivity contribution in [2.45, 2.75) is 26.3 Å². The standard InChI is InChI=1S/C14H20N2O3/c1-3-19-14(18)12(15)13(17)16-9-8-11-7-5-4-6-10(11)2/h4-7,12H,3,8-9,15H2,1-2H3,(H,16,17). The number of carbonyl (C=O) groups is 2. The van der Waals surface area contributed by atoms with Gasteiger partial charge in [-0.25, -0.2) is 4.79 Å². The molecule has 5 heteroatoms. The van der Waals surface area contributed by atoms with Gasteiger partial charge in [0.2, 0.25) is 5.91 Å². The summed E-state index contributed by atoms with van der Waals surface area (Å²) in [6.07, 6.45) is 0.702. The molecule has 0 aliphatic rings. The van der Waals surface area contributed by atoms with Gasteiger partial charge in [-0.05, 0) is 31.4 Å². The molecule has 0 heterocycles. The molecule has 0 saturated heterocycles. The molecule has 1 rings (SSSR count). The van der Waals surface area contributed by atoms with E-state index in [9.17, 15) is 9.59 Å². The van der Waals surface area contributed by atoms with Crippen LogP contribution in [0, 0.1) is 6.92 Å². The van der Waals surface area contributed by atoms with E-state index in [4.69, 9.17) is 5.73 Å². The molecule has 0 aromatic heterocycles. The van der Waals surface area contributed by atoms with E-state index >= 15 is 0 Å². The van der Waals surface area contributed by atoms with Crippen molar-refractivity contribution in [3.8, 4) is 0 Å². The third-order valence-electron chi connectivity index (χ3n) is 2.78. The summed E-state index contributed by atoms with van der Waals surface area (Å²) in [6.45, 7) is 4.34. The molecule has 1 unspecified atom stereocenters. The average molecular weight is 264 g/mol. The molecule has 0 saturated carbocycles. The largest absolute Gasteiger partial charge is 0.464 e. The first-order valence-electron chi connectivity index (χ1n) is 6.30. The lowest BCUT2D eigenvalue weighted by atomic mass is 10.1. The zero-order valence-corrected chi connectivity index (χ0v) is 11.3. The second-order valence-corrected chi connectivity index (χ2v) is 4.20. The Morgan fingerprint density at radius 3 is 2.68 bits per heavy atom. The van der Waals surface area contributed by atoms with Gasteiger partial charge < -0.3 is 15.8 Å². The minimum atomic E-state index is -1.25. The van der Waals surface area contributed by atoms with Crippen LogP contribution in [0.1, 0.15) is 18.1 Å². The summed E-state index contributed by atoms with van der Waals surface area (Å²) < 4.78 is 4.68. The fraction of sp³-hybridized carbons (Fsp3) is 0.429. The molecule has 1 amide bonds. The normalized spacial score (nSPS) is 11.7. The van der Waals surface area contributed by atoms with Crippen molar-refractivity contribution in [2.24, 2.45) is 5.73 Å². The topological polar surface area (TPSA) is 81.4 Å². The number of benzene rings is 1. The quantitative estimate of drug-likeness (QED) is 0.580. The maximum absolute atomic E-state index is 11.6. The van der Waals surface area contributed by atoms with E-state index in [0.29, 0.717) is 13.0 Å². The fourth-order valence-corrected chi connectivity index (χ4v) is 1.66. The van der Waals surface area contributed by atoms with E-state index < -0.39 is 17.9 Å². The number of rotatable bonds is 6. The highest BCUT2D eigenvalue weighted by molar-refractivity contribution is 6.01. The molecule has 5 nitrogen and oxygen atoms in total. The molecule has 3 N–H and O–H groups in total. The first-order valence-corrected chi connectivity index (χ1v) is 6.30. The third kappa shape index (κ3) is 4.71. The molecule has 19 heavy (non-hydrogen) atoms. The molecular weight excluding hydrogens is 244 g/mol. The molecule has 0 aliphatic heterocycles. The lowest BCUT2D eigenvalue weighted by molar-refractivity contribution is -0.147. The van der Waals surface area contributed by atoms with Gasteiger partial charge in [-0.1, -0.05) is 24.3 Å². The molecule has 1 atom stereocenters. The number of esters is 1. The smallest absolute Gasteiger partial charge is 0.332 e. The highest BCUT2D eigenvalue weighted by atomic mass is 16.5. The fourth-order valence-electron chi connectivity index (χ4n) is 1.66. The Hall–Kier alpha value is -1.88. The van der Waals surface area contributed by atoms with Crippen molar-refractivity contribution >= 4 is 11.9 Å². The summed E-state index contributed by atoms with van der Waals surface area (Å²) in [4.78, 5) is 22.9. The van der Waals surface area contributed by atoms with Gasteiger partial charge in [0.25, 0.3) is 0 Å². The van der Waals surface area contributed by atoms with E-state index in [2.05, 4.69) is 10.1 Å². The zero-order valence-electron chi connectivity index (χ0n) is 11.3. The van der Waals surface area contributed by atoms with Crippen LogP contribution in [0.5, 0.6) is 0 Å². The summed E-state index contributed by atoms with van der Waals surface area (Å²) >= 11 is 0. The number of hydrogen-bond donors (Lipinski definition) is 2. The van der Waals surface area contributed by atoms with Gasteiger partial charge in [0.05, 0.1) is 6.61 Å². The molecule has 104 valence electrons. The van der Waals surface area contributed by atoms with Crippen LogP contribution in [0.4, 0.5) is 0 Å². The van der Waals surface area contributed by atoms with E-state index in [1.807, 2.05) is 31.2 Å². The van der Waals surface area contributed by atoms with Gasteiger partial charge in [0, 0.05) is 6.54 Å². The lowest BCUT2D eigenvalue weighted by Gasteiger charge is -2.11. The summed E-state index contributed by atoms with van der Waals surface area (Å²) in [7, 11) is 0. The van der Waals surface area contributed by atoms with E-state index in [1.54, 1.807) is 6.92 Å². The second-order valence-electron chi connectivity index (χ2n) is 4.20. The highest BCUT2D eigenvalue weighted by Crippen LogP contribution is 2.06. The number of nitrogens with two attached hydrogens (primary N) is 1. The van der Waals surface area contributed by atoms with Gasteiger partial charge in [0.1, 0.15) is 0 Å². The predicted octanol–water partition coefficient (Wildman–Crippen LogP) is 0.544. The molecule has 0 fully saturated rings. The molecular formula is C14H20N2O3. The third-order valence-corrected chi connectivity index (χ3v) is 2.78. The lowest BCUT2D eigenvalue weighted by Crippen LogP contribution is -2.47. The number of amides is 1. The molecule has 0 aliphatic carbocycles. The Morgan fingerprint density at radius 1 is 1.37 bits per heavy atom. The number of nitrogens with one attached hydrogen (secondary N) is 1. The van der Waals surface area contributed by atoms with Gasteiger partial charge in [-0.3, -0.25) is 4.79 Å². The van der Waals surface area contributed by atoms with Gasteiger partial charge in [-0.2, -0.15) is 0 Å². The van der Waals surface area contributed by atoms with Crippen molar-refractivity contribution in [1.82, 2.24) is 5.32 Å². The second kappa shape index (κ2) is 7.53. The van der Waals surface area contributed by atoms with Crippen LogP contribution in [-0.2, 0) is 20.7 Å². The van der Waals surface area contributed by atoms with Crippen molar-refractivity contribution in [3.63, 3.8) is 0 Å². The zero-order chi connectivity index (χ0) is 14.3. The number of carbonyl (C=O) groups excluding carboxylic acids is 2. The minimum Gasteiger partial charge on any atom is -0.464 e. The van der Waals surface area contributed by atoms with E-state index in [-0.39, 0.29) is 6.61 Å². The van der Waals surface area contributed by atoms with Crippen LogP contribution in [0.15, 0.2) is 24.3 Å². The van der Waals surface area contributed by atoms with Crippen LogP contribution < -0.4 is 11.1 Å².